The summed E-state index contributed by atoms with van der Waals surface area (Å²) in [4.78, 5) is 21.9. The van der Waals surface area contributed by atoms with E-state index in [9.17, 15) is 4.79 Å². The smallest absolute Gasteiger partial charge is 0.262 e. The lowest BCUT2D eigenvalue weighted by molar-refractivity contribution is -0.120. The van der Waals surface area contributed by atoms with Gasteiger partial charge in [0.25, 0.3) is 5.91 Å². The van der Waals surface area contributed by atoms with Gasteiger partial charge < -0.3 is 5.32 Å². The Morgan fingerprint density at radius 3 is 2.65 bits per heavy atom. The Kier molecular flexibility index (Phi) is 4.28. The predicted molar refractivity (Wildman–Crippen MR) is 101 cm³/mol. The van der Waals surface area contributed by atoms with Gasteiger partial charge in [-0.2, -0.15) is 9.36 Å². The summed E-state index contributed by atoms with van der Waals surface area (Å²) in [5.74, 6) is 0.317. The molecule has 0 spiro atoms. The van der Waals surface area contributed by atoms with Gasteiger partial charge >= 0.3 is 0 Å². The average molecular weight is 361 g/mol. The van der Waals surface area contributed by atoms with E-state index in [-0.39, 0.29) is 5.91 Å². The van der Waals surface area contributed by atoms with E-state index in [0.29, 0.717) is 16.6 Å². The molecule has 1 aromatic carbocycles. The van der Waals surface area contributed by atoms with E-state index in [1.165, 1.54) is 0 Å². The first-order valence-electron chi connectivity index (χ1n) is 8.02. The van der Waals surface area contributed by atoms with Crippen molar-refractivity contribution >= 4 is 22.6 Å². The Bertz CT molecular complexity index is 968. The molecule has 0 saturated heterocycles. The SMILES string of the molecule is O=C(Nc1nc(-c2ccccc2)ns1)C1(c2ccccn2)C=CC=CN1. The third-order valence-electron chi connectivity index (χ3n) is 3.97. The fraction of sp³-hybridized carbons (Fsp3) is 0.0526. The number of aromatic nitrogens is 3. The zero-order valence-corrected chi connectivity index (χ0v) is 14.5. The van der Waals surface area contributed by atoms with Crippen LogP contribution in [0.25, 0.3) is 11.4 Å². The summed E-state index contributed by atoms with van der Waals surface area (Å²) in [5, 5.41) is 6.42. The lowest BCUT2D eigenvalue weighted by atomic mass is 9.91. The average Bonchev–Trinajstić information content (AvgIpc) is 3.18. The number of anilines is 1. The molecule has 2 aromatic heterocycles. The van der Waals surface area contributed by atoms with Crippen molar-refractivity contribution in [3.63, 3.8) is 0 Å². The topological polar surface area (TPSA) is 79.8 Å². The van der Waals surface area contributed by atoms with Gasteiger partial charge in [-0.25, -0.2) is 0 Å². The van der Waals surface area contributed by atoms with Crippen LogP contribution in [0.2, 0.25) is 0 Å². The zero-order chi connectivity index (χ0) is 17.8. The molecule has 3 heterocycles. The van der Waals surface area contributed by atoms with E-state index in [1.807, 2.05) is 60.7 Å². The Balaban J connectivity index is 1.61. The lowest BCUT2D eigenvalue weighted by Crippen LogP contribution is -2.49. The van der Waals surface area contributed by atoms with Crippen LogP contribution >= 0.6 is 11.5 Å². The summed E-state index contributed by atoms with van der Waals surface area (Å²) in [5.41, 5.74) is 0.419. The number of benzene rings is 1. The van der Waals surface area contributed by atoms with Gasteiger partial charge in [0.05, 0.1) is 5.69 Å². The molecule has 1 aliphatic rings. The summed E-state index contributed by atoms with van der Waals surface area (Å²) in [6.45, 7) is 0. The number of pyridine rings is 1. The summed E-state index contributed by atoms with van der Waals surface area (Å²) in [6.07, 6.45) is 8.82. The van der Waals surface area contributed by atoms with Crippen LogP contribution in [-0.2, 0) is 10.3 Å². The van der Waals surface area contributed by atoms with E-state index in [0.717, 1.165) is 17.1 Å². The van der Waals surface area contributed by atoms with Crippen LogP contribution in [0, 0.1) is 0 Å². The van der Waals surface area contributed by atoms with Gasteiger partial charge in [-0.3, -0.25) is 15.1 Å². The Morgan fingerprint density at radius 2 is 1.92 bits per heavy atom. The quantitative estimate of drug-likeness (QED) is 0.746. The number of rotatable bonds is 4. The fourth-order valence-corrected chi connectivity index (χ4v) is 3.26. The number of carbonyl (C=O) groups excluding carboxylic acids is 1. The molecule has 128 valence electrons. The third kappa shape index (κ3) is 3.00. The highest BCUT2D eigenvalue weighted by Gasteiger charge is 2.39. The highest BCUT2D eigenvalue weighted by Crippen LogP contribution is 2.27. The summed E-state index contributed by atoms with van der Waals surface area (Å²) in [6, 6.07) is 15.1. The fourth-order valence-electron chi connectivity index (χ4n) is 2.67. The van der Waals surface area contributed by atoms with Crippen molar-refractivity contribution in [3.8, 4) is 11.4 Å². The van der Waals surface area contributed by atoms with Gasteiger partial charge in [-0.05, 0) is 30.5 Å². The maximum absolute atomic E-state index is 13.1. The van der Waals surface area contributed by atoms with Crippen molar-refractivity contribution in [1.82, 2.24) is 19.7 Å². The molecule has 6 nitrogen and oxygen atoms in total. The molecule has 1 aliphatic heterocycles. The highest BCUT2D eigenvalue weighted by molar-refractivity contribution is 7.10. The molecule has 7 heteroatoms. The summed E-state index contributed by atoms with van der Waals surface area (Å²) < 4.78 is 4.33. The van der Waals surface area contributed by atoms with Crippen molar-refractivity contribution < 1.29 is 4.79 Å². The zero-order valence-electron chi connectivity index (χ0n) is 13.7. The maximum Gasteiger partial charge on any atom is 0.262 e. The number of dihydropyridines is 1. The molecular formula is C19H15N5OS. The molecule has 0 aliphatic carbocycles. The van der Waals surface area contributed by atoms with Crippen molar-refractivity contribution in [2.75, 3.05) is 5.32 Å². The monoisotopic (exact) mass is 361 g/mol. The number of carbonyl (C=O) groups is 1. The third-order valence-corrected chi connectivity index (χ3v) is 4.60. The molecule has 26 heavy (non-hydrogen) atoms. The summed E-state index contributed by atoms with van der Waals surface area (Å²) >= 11 is 1.15. The first kappa shape index (κ1) is 16.2. The van der Waals surface area contributed by atoms with Crippen molar-refractivity contribution in [1.29, 1.82) is 0 Å². The van der Waals surface area contributed by atoms with Crippen LogP contribution in [-0.4, -0.2) is 20.2 Å². The number of amides is 1. The molecule has 4 rings (SSSR count). The first-order chi connectivity index (χ1) is 12.8. The minimum atomic E-state index is -1.09. The minimum Gasteiger partial charge on any atom is -0.369 e. The van der Waals surface area contributed by atoms with Crippen molar-refractivity contribution in [2.45, 2.75) is 5.54 Å². The number of hydrogen-bond donors (Lipinski definition) is 2. The molecule has 1 atom stereocenters. The highest BCUT2D eigenvalue weighted by atomic mass is 32.1. The second-order valence-corrected chi connectivity index (χ2v) is 6.38. The number of nitrogens with zero attached hydrogens (tertiary/aromatic N) is 3. The van der Waals surface area contributed by atoms with Crippen LogP contribution in [0.1, 0.15) is 5.69 Å². The first-order valence-corrected chi connectivity index (χ1v) is 8.79. The molecule has 0 bridgehead atoms. The van der Waals surface area contributed by atoms with Gasteiger partial charge in [0, 0.05) is 23.3 Å². The molecule has 1 unspecified atom stereocenters. The van der Waals surface area contributed by atoms with E-state index < -0.39 is 5.54 Å². The molecule has 1 amide bonds. The molecular weight excluding hydrogens is 346 g/mol. The van der Waals surface area contributed by atoms with Crippen LogP contribution in [0.5, 0.6) is 0 Å². The van der Waals surface area contributed by atoms with Gasteiger partial charge in [-0.1, -0.05) is 42.5 Å². The van der Waals surface area contributed by atoms with Crippen LogP contribution < -0.4 is 10.6 Å². The second kappa shape index (κ2) is 6.89. The van der Waals surface area contributed by atoms with Gasteiger partial charge in [-0.15, -0.1) is 0 Å². The molecule has 0 radical (unpaired) electrons. The maximum atomic E-state index is 13.1. The van der Waals surface area contributed by atoms with E-state index in [4.69, 9.17) is 0 Å². The number of nitrogens with one attached hydrogen (secondary N) is 2. The standard InChI is InChI=1S/C19H15N5OS/c25-17(19(11-5-7-13-21-19)15-10-4-6-12-20-15)23-18-22-16(24-26-18)14-8-2-1-3-9-14/h1-13,21H,(H,22,23,24,25). The molecule has 3 aromatic rings. The predicted octanol–water partition coefficient (Wildman–Crippen LogP) is 3.11. The van der Waals surface area contributed by atoms with Crippen LogP contribution in [0.3, 0.4) is 0 Å². The molecule has 0 fully saturated rings. The largest absolute Gasteiger partial charge is 0.369 e. The molecule has 2 N–H and O–H groups in total. The second-order valence-electron chi connectivity index (χ2n) is 5.63. The summed E-state index contributed by atoms with van der Waals surface area (Å²) in [7, 11) is 0. The number of hydrogen-bond acceptors (Lipinski definition) is 6. The van der Waals surface area contributed by atoms with Gasteiger partial charge in [0.15, 0.2) is 11.4 Å². The van der Waals surface area contributed by atoms with Crippen molar-refractivity contribution in [3.05, 3.63) is 84.8 Å². The normalized spacial score (nSPS) is 18.3. The Hall–Kier alpha value is -3.32. The van der Waals surface area contributed by atoms with E-state index in [1.54, 1.807) is 18.5 Å². The minimum absolute atomic E-state index is 0.271. The van der Waals surface area contributed by atoms with Crippen LogP contribution in [0.15, 0.2) is 79.2 Å². The molecule has 0 saturated carbocycles. The lowest BCUT2D eigenvalue weighted by Gasteiger charge is -2.30. The van der Waals surface area contributed by atoms with E-state index in [2.05, 4.69) is 25.0 Å². The number of allylic oxidation sites excluding steroid dienone is 2. The Labute approximate surface area is 154 Å². The van der Waals surface area contributed by atoms with Crippen molar-refractivity contribution in [2.24, 2.45) is 0 Å². The van der Waals surface area contributed by atoms with Gasteiger partial charge in [0.1, 0.15) is 0 Å². The van der Waals surface area contributed by atoms with Gasteiger partial charge in [0.2, 0.25) is 5.13 Å². The Morgan fingerprint density at radius 1 is 1.08 bits per heavy atom. The van der Waals surface area contributed by atoms with Crippen LogP contribution in [0.4, 0.5) is 5.13 Å². The van der Waals surface area contributed by atoms with E-state index >= 15 is 0 Å².